The van der Waals surface area contributed by atoms with Crippen molar-refractivity contribution < 1.29 is 9.13 Å². The van der Waals surface area contributed by atoms with E-state index in [0.717, 1.165) is 4.68 Å². The minimum atomic E-state index is -1.62. The van der Waals surface area contributed by atoms with Gasteiger partial charge >= 0.3 is 0 Å². The minimum Gasteiger partial charge on any atom is -0.368 e. The van der Waals surface area contributed by atoms with Crippen LogP contribution in [0.2, 0.25) is 10.0 Å². The Balaban J connectivity index is 2.57. The Labute approximate surface area is 132 Å². The third-order valence-electron chi connectivity index (χ3n) is 3.26. The summed E-state index contributed by atoms with van der Waals surface area (Å²) in [6, 6.07) is 4.82. The van der Waals surface area contributed by atoms with Crippen LogP contribution < -0.4 is 0 Å². The van der Waals surface area contributed by atoms with E-state index >= 15 is 4.39 Å². The second kappa shape index (κ2) is 6.56. The Kier molecular flexibility index (Phi) is 4.98. The van der Waals surface area contributed by atoms with Gasteiger partial charge in [0.2, 0.25) is 6.30 Å². The van der Waals surface area contributed by atoms with Crippen LogP contribution in [0, 0.1) is 0 Å². The number of ether oxygens (including phenoxy) is 1. The van der Waals surface area contributed by atoms with Gasteiger partial charge < -0.3 is 4.74 Å². The summed E-state index contributed by atoms with van der Waals surface area (Å²) in [5.74, 6) is 0. The summed E-state index contributed by atoms with van der Waals surface area (Å²) in [7, 11) is 1.41. The number of methoxy groups -OCH3 is 1. The average molecular weight is 330 g/mol. The maximum atomic E-state index is 15.0. The SMILES string of the molecule is C=CCC(OC)(c1ccc(Cl)cc1Cl)C(F)n1ccnn1. The van der Waals surface area contributed by atoms with Gasteiger partial charge in [-0.1, -0.05) is 40.6 Å². The van der Waals surface area contributed by atoms with Gasteiger partial charge in [0.1, 0.15) is 5.60 Å². The molecule has 0 amide bonds. The highest BCUT2D eigenvalue weighted by Gasteiger charge is 2.43. The number of rotatable bonds is 6. The van der Waals surface area contributed by atoms with Crippen LogP contribution in [0.4, 0.5) is 4.39 Å². The van der Waals surface area contributed by atoms with Gasteiger partial charge in [-0.15, -0.1) is 11.7 Å². The second-order valence-electron chi connectivity index (χ2n) is 4.43. The highest BCUT2D eigenvalue weighted by Crippen LogP contribution is 2.44. The molecule has 1 aromatic carbocycles. The van der Waals surface area contributed by atoms with E-state index < -0.39 is 11.9 Å². The van der Waals surface area contributed by atoms with Gasteiger partial charge in [-0.2, -0.15) is 0 Å². The van der Waals surface area contributed by atoms with E-state index in [4.69, 9.17) is 27.9 Å². The van der Waals surface area contributed by atoms with Gasteiger partial charge in [0.15, 0.2) is 0 Å². The molecule has 0 saturated carbocycles. The number of benzene rings is 1. The van der Waals surface area contributed by atoms with Gasteiger partial charge in [0, 0.05) is 35.3 Å². The number of hydrogen-bond acceptors (Lipinski definition) is 3. The molecule has 2 atom stereocenters. The van der Waals surface area contributed by atoms with Crippen molar-refractivity contribution in [1.82, 2.24) is 15.0 Å². The van der Waals surface area contributed by atoms with Crippen molar-refractivity contribution in [2.24, 2.45) is 0 Å². The number of alkyl halides is 1. The number of hydrogen-bond donors (Lipinski definition) is 0. The van der Waals surface area contributed by atoms with Crippen LogP contribution in [-0.2, 0) is 10.3 Å². The Morgan fingerprint density at radius 2 is 2.29 bits per heavy atom. The number of nitrogens with zero attached hydrogens (tertiary/aromatic N) is 3. The molecule has 2 rings (SSSR count). The standard InChI is InChI=1S/C14H14Cl2FN3O/c1-3-6-14(21-2,13(17)20-8-7-18-19-20)11-5-4-10(15)9-12(11)16/h3-5,7-9,13H,1,6H2,2H3. The Bertz CT molecular complexity index is 621. The predicted molar refractivity (Wildman–Crippen MR) is 80.1 cm³/mol. The summed E-state index contributed by atoms with van der Waals surface area (Å²) in [5, 5.41) is 8.09. The van der Waals surface area contributed by atoms with E-state index in [2.05, 4.69) is 16.9 Å². The molecule has 4 nitrogen and oxygen atoms in total. The largest absolute Gasteiger partial charge is 0.368 e. The molecule has 2 aromatic rings. The van der Waals surface area contributed by atoms with Gasteiger partial charge in [-0.25, -0.2) is 9.07 Å². The Morgan fingerprint density at radius 3 is 2.81 bits per heavy atom. The van der Waals surface area contributed by atoms with Crippen LogP contribution in [0.3, 0.4) is 0 Å². The van der Waals surface area contributed by atoms with Crippen molar-refractivity contribution >= 4 is 23.2 Å². The number of aromatic nitrogens is 3. The third-order valence-corrected chi connectivity index (χ3v) is 3.80. The van der Waals surface area contributed by atoms with Crippen LogP contribution in [-0.4, -0.2) is 22.1 Å². The molecule has 0 fully saturated rings. The fourth-order valence-electron chi connectivity index (χ4n) is 2.23. The van der Waals surface area contributed by atoms with Crippen molar-refractivity contribution in [2.75, 3.05) is 7.11 Å². The summed E-state index contributed by atoms with van der Waals surface area (Å²) in [5.41, 5.74) is -0.893. The zero-order valence-electron chi connectivity index (χ0n) is 11.3. The van der Waals surface area contributed by atoms with Gasteiger partial charge in [0.25, 0.3) is 0 Å². The summed E-state index contributed by atoms with van der Waals surface area (Å²) >= 11 is 12.1. The van der Waals surface area contributed by atoms with E-state index in [1.807, 2.05) is 0 Å². The fourth-order valence-corrected chi connectivity index (χ4v) is 2.79. The molecule has 0 radical (unpaired) electrons. The van der Waals surface area contributed by atoms with E-state index in [1.54, 1.807) is 24.3 Å². The quantitative estimate of drug-likeness (QED) is 0.746. The minimum absolute atomic E-state index is 0.200. The van der Waals surface area contributed by atoms with E-state index in [0.29, 0.717) is 15.6 Å². The van der Waals surface area contributed by atoms with Gasteiger partial charge in [-0.3, -0.25) is 0 Å². The lowest BCUT2D eigenvalue weighted by molar-refractivity contribution is -0.109. The lowest BCUT2D eigenvalue weighted by Gasteiger charge is -2.35. The summed E-state index contributed by atoms with van der Waals surface area (Å²) < 4.78 is 21.6. The van der Waals surface area contributed by atoms with Crippen molar-refractivity contribution in [3.63, 3.8) is 0 Å². The molecule has 2 unspecified atom stereocenters. The van der Waals surface area contributed by atoms with Gasteiger partial charge in [0.05, 0.1) is 6.20 Å². The molecule has 0 spiro atoms. The summed E-state index contributed by atoms with van der Waals surface area (Å²) in [6.07, 6.45) is 2.96. The van der Waals surface area contributed by atoms with Crippen molar-refractivity contribution in [1.29, 1.82) is 0 Å². The third kappa shape index (κ3) is 2.95. The molecular weight excluding hydrogens is 316 g/mol. The molecule has 0 aliphatic carbocycles. The first-order valence-electron chi connectivity index (χ1n) is 6.16. The Hall–Kier alpha value is -1.43. The zero-order valence-corrected chi connectivity index (χ0v) is 12.9. The van der Waals surface area contributed by atoms with Crippen molar-refractivity contribution in [2.45, 2.75) is 18.3 Å². The van der Waals surface area contributed by atoms with E-state index in [-0.39, 0.29) is 6.42 Å². The van der Waals surface area contributed by atoms with Crippen LogP contribution in [0.5, 0.6) is 0 Å². The molecule has 21 heavy (non-hydrogen) atoms. The molecule has 112 valence electrons. The summed E-state index contributed by atoms with van der Waals surface area (Å²) in [4.78, 5) is 0. The maximum Gasteiger partial charge on any atom is 0.226 e. The lowest BCUT2D eigenvalue weighted by Crippen LogP contribution is -2.37. The lowest BCUT2D eigenvalue weighted by atomic mass is 9.88. The normalized spacial score (nSPS) is 15.4. The van der Waals surface area contributed by atoms with E-state index in [9.17, 15) is 0 Å². The zero-order chi connectivity index (χ0) is 15.5. The molecule has 0 saturated heterocycles. The first-order chi connectivity index (χ1) is 10.0. The predicted octanol–water partition coefficient (Wildman–Crippen LogP) is 4.17. The molecular formula is C14H14Cl2FN3O. The highest BCUT2D eigenvalue weighted by atomic mass is 35.5. The van der Waals surface area contributed by atoms with Crippen molar-refractivity contribution in [3.05, 3.63) is 58.9 Å². The first-order valence-corrected chi connectivity index (χ1v) is 6.92. The van der Waals surface area contributed by atoms with Crippen LogP contribution >= 0.6 is 23.2 Å². The van der Waals surface area contributed by atoms with E-state index in [1.165, 1.54) is 19.5 Å². The van der Waals surface area contributed by atoms with Crippen LogP contribution in [0.1, 0.15) is 18.3 Å². The molecule has 1 aromatic heterocycles. The molecule has 7 heteroatoms. The second-order valence-corrected chi connectivity index (χ2v) is 5.27. The molecule has 0 aliphatic rings. The van der Waals surface area contributed by atoms with Crippen LogP contribution in [0.25, 0.3) is 0 Å². The number of halogens is 3. The molecule has 0 N–H and O–H groups in total. The molecule has 0 aliphatic heterocycles. The van der Waals surface area contributed by atoms with Crippen molar-refractivity contribution in [3.8, 4) is 0 Å². The highest BCUT2D eigenvalue weighted by molar-refractivity contribution is 6.35. The average Bonchev–Trinajstić information content (AvgIpc) is 2.99. The van der Waals surface area contributed by atoms with Gasteiger partial charge in [-0.05, 0) is 12.1 Å². The first kappa shape index (κ1) is 15.9. The molecule has 0 bridgehead atoms. The fraction of sp³-hybridized carbons (Fsp3) is 0.286. The monoisotopic (exact) mass is 329 g/mol. The maximum absolute atomic E-state index is 15.0. The molecule has 1 heterocycles. The Morgan fingerprint density at radius 1 is 1.52 bits per heavy atom. The topological polar surface area (TPSA) is 39.9 Å². The smallest absolute Gasteiger partial charge is 0.226 e. The van der Waals surface area contributed by atoms with Crippen LogP contribution in [0.15, 0.2) is 43.2 Å². The summed E-state index contributed by atoms with van der Waals surface area (Å²) in [6.45, 7) is 3.67.